The summed E-state index contributed by atoms with van der Waals surface area (Å²) in [6, 6.07) is 6.66. The van der Waals surface area contributed by atoms with Gasteiger partial charge in [-0.1, -0.05) is 6.08 Å². The SMILES string of the molecule is C=CCn1c(-c2cccnc2)nn(C[NH+]2CCc3sccc3[C@H]2C)c1=S. The second-order valence-corrected chi connectivity index (χ2v) is 7.95. The maximum atomic E-state index is 5.73. The molecule has 1 unspecified atom stereocenters. The maximum absolute atomic E-state index is 5.73. The highest BCUT2D eigenvalue weighted by atomic mass is 32.1. The van der Waals surface area contributed by atoms with Gasteiger partial charge in [0.15, 0.2) is 12.5 Å². The molecule has 0 spiro atoms. The van der Waals surface area contributed by atoms with Crippen molar-refractivity contribution in [1.29, 1.82) is 0 Å². The lowest BCUT2D eigenvalue weighted by Gasteiger charge is -2.30. The van der Waals surface area contributed by atoms with Gasteiger partial charge in [-0.3, -0.25) is 9.55 Å². The molecule has 0 bridgehead atoms. The third kappa shape index (κ3) is 3.06. The fourth-order valence-electron chi connectivity index (χ4n) is 3.60. The van der Waals surface area contributed by atoms with Crippen molar-refractivity contribution in [2.24, 2.45) is 0 Å². The van der Waals surface area contributed by atoms with Crippen LogP contribution in [-0.4, -0.2) is 25.9 Å². The zero-order valence-corrected chi connectivity index (χ0v) is 16.4. The van der Waals surface area contributed by atoms with E-state index >= 15 is 0 Å². The second kappa shape index (κ2) is 7.26. The van der Waals surface area contributed by atoms with E-state index in [4.69, 9.17) is 17.3 Å². The number of rotatable bonds is 5. The van der Waals surface area contributed by atoms with Gasteiger partial charge >= 0.3 is 0 Å². The topological polar surface area (TPSA) is 40.1 Å². The Labute approximate surface area is 162 Å². The minimum Gasteiger partial charge on any atom is -0.310 e. The van der Waals surface area contributed by atoms with Gasteiger partial charge in [0.2, 0.25) is 4.77 Å². The molecule has 7 heteroatoms. The summed E-state index contributed by atoms with van der Waals surface area (Å²) in [5.74, 6) is 0.850. The van der Waals surface area contributed by atoms with Crippen LogP contribution in [0.25, 0.3) is 11.4 Å². The number of pyridine rings is 1. The number of allylic oxidation sites excluding steroid dienone is 1. The minimum absolute atomic E-state index is 0.457. The lowest BCUT2D eigenvalue weighted by molar-refractivity contribution is -0.954. The van der Waals surface area contributed by atoms with Crippen molar-refractivity contribution in [3.05, 3.63) is 63.8 Å². The number of nitrogens with zero attached hydrogens (tertiary/aromatic N) is 4. The van der Waals surface area contributed by atoms with Crippen LogP contribution in [0, 0.1) is 4.77 Å². The van der Waals surface area contributed by atoms with E-state index in [0.717, 1.165) is 35.8 Å². The van der Waals surface area contributed by atoms with Crippen LogP contribution in [0.4, 0.5) is 0 Å². The Morgan fingerprint density at radius 3 is 3.12 bits per heavy atom. The molecule has 3 aromatic heterocycles. The molecule has 4 rings (SSSR count). The van der Waals surface area contributed by atoms with Crippen molar-refractivity contribution < 1.29 is 4.90 Å². The molecule has 5 nitrogen and oxygen atoms in total. The summed E-state index contributed by atoms with van der Waals surface area (Å²) in [6.45, 7) is 8.68. The molecular weight excluding hydrogens is 362 g/mol. The van der Waals surface area contributed by atoms with Gasteiger partial charge in [-0.05, 0) is 42.7 Å². The Morgan fingerprint density at radius 1 is 1.46 bits per heavy atom. The van der Waals surface area contributed by atoms with Gasteiger partial charge in [-0.15, -0.1) is 23.0 Å². The van der Waals surface area contributed by atoms with Crippen LogP contribution in [0.3, 0.4) is 0 Å². The quantitative estimate of drug-likeness (QED) is 0.543. The predicted molar refractivity (Wildman–Crippen MR) is 107 cm³/mol. The molecule has 0 aromatic carbocycles. The predicted octanol–water partition coefficient (Wildman–Crippen LogP) is 2.88. The van der Waals surface area contributed by atoms with Crippen molar-refractivity contribution in [2.45, 2.75) is 32.6 Å². The zero-order chi connectivity index (χ0) is 18.1. The van der Waals surface area contributed by atoms with E-state index in [1.807, 2.05) is 45.0 Å². The number of hydrogen-bond donors (Lipinski definition) is 1. The molecule has 1 N–H and O–H groups in total. The molecule has 4 heterocycles. The second-order valence-electron chi connectivity index (χ2n) is 6.58. The average molecular weight is 385 g/mol. The summed E-state index contributed by atoms with van der Waals surface area (Å²) in [5, 5.41) is 7.04. The Kier molecular flexibility index (Phi) is 4.84. The molecular formula is C19H22N5S2+. The van der Waals surface area contributed by atoms with E-state index in [1.165, 1.54) is 15.3 Å². The summed E-state index contributed by atoms with van der Waals surface area (Å²) in [7, 11) is 0. The molecule has 0 saturated carbocycles. The fourth-order valence-corrected chi connectivity index (χ4v) is 4.85. The number of nitrogens with one attached hydrogen (secondary N) is 1. The van der Waals surface area contributed by atoms with Gasteiger partial charge < -0.3 is 4.90 Å². The van der Waals surface area contributed by atoms with Crippen molar-refractivity contribution in [2.75, 3.05) is 6.54 Å². The standard InChI is InChI=1S/C19H21N5S2/c1-3-9-23-18(15-5-4-8-20-12-15)21-24(19(23)25)13-22-10-6-17-16(14(22)2)7-11-26-17/h3-5,7-8,11-12,14H,1,6,9-10,13H2,2H3/p+1/t14-/m1/s1. The highest BCUT2D eigenvalue weighted by Crippen LogP contribution is 2.25. The molecule has 0 amide bonds. The minimum atomic E-state index is 0.457. The van der Waals surface area contributed by atoms with Gasteiger partial charge in [-0.25, -0.2) is 0 Å². The van der Waals surface area contributed by atoms with Gasteiger partial charge in [0.25, 0.3) is 0 Å². The van der Waals surface area contributed by atoms with Gasteiger partial charge in [0.1, 0.15) is 6.04 Å². The first-order chi connectivity index (χ1) is 12.7. The van der Waals surface area contributed by atoms with Crippen LogP contribution >= 0.6 is 23.6 Å². The molecule has 0 fully saturated rings. The molecule has 0 aliphatic carbocycles. The van der Waals surface area contributed by atoms with E-state index in [9.17, 15) is 0 Å². The number of fused-ring (bicyclic) bond motifs is 1. The molecule has 0 radical (unpaired) electrons. The Hall–Kier alpha value is -2.09. The van der Waals surface area contributed by atoms with Crippen molar-refractivity contribution >= 4 is 23.6 Å². The number of aromatic nitrogens is 4. The zero-order valence-electron chi connectivity index (χ0n) is 14.8. The number of quaternary nitrogens is 1. The molecule has 134 valence electrons. The van der Waals surface area contributed by atoms with Crippen LogP contribution in [0.15, 0.2) is 48.6 Å². The highest BCUT2D eigenvalue weighted by molar-refractivity contribution is 7.71. The average Bonchev–Trinajstić information content (AvgIpc) is 3.26. The highest BCUT2D eigenvalue weighted by Gasteiger charge is 2.29. The van der Waals surface area contributed by atoms with Crippen LogP contribution in [-0.2, 0) is 19.6 Å². The van der Waals surface area contributed by atoms with E-state index in [1.54, 1.807) is 6.20 Å². The van der Waals surface area contributed by atoms with Gasteiger partial charge in [0, 0.05) is 41.4 Å². The molecule has 1 aliphatic heterocycles. The number of thiophene rings is 1. The van der Waals surface area contributed by atoms with Crippen molar-refractivity contribution in [1.82, 2.24) is 19.3 Å². The summed E-state index contributed by atoms with van der Waals surface area (Å²) in [6.07, 6.45) is 6.58. The van der Waals surface area contributed by atoms with Gasteiger partial charge in [0.05, 0.1) is 6.54 Å². The third-order valence-electron chi connectivity index (χ3n) is 5.04. The lowest BCUT2D eigenvalue weighted by Crippen LogP contribution is -3.12. The molecule has 26 heavy (non-hydrogen) atoms. The van der Waals surface area contributed by atoms with E-state index < -0.39 is 0 Å². The first-order valence-corrected chi connectivity index (χ1v) is 10.1. The van der Waals surface area contributed by atoms with Crippen LogP contribution in [0.5, 0.6) is 0 Å². The third-order valence-corrected chi connectivity index (χ3v) is 6.47. The summed E-state index contributed by atoms with van der Waals surface area (Å²) < 4.78 is 4.73. The van der Waals surface area contributed by atoms with Crippen molar-refractivity contribution in [3.8, 4) is 11.4 Å². The lowest BCUT2D eigenvalue weighted by atomic mass is 10.0. The van der Waals surface area contributed by atoms with Crippen LogP contribution in [0.2, 0.25) is 0 Å². The molecule has 1 aliphatic rings. The molecule has 0 saturated heterocycles. The van der Waals surface area contributed by atoms with Crippen LogP contribution < -0.4 is 4.90 Å². The number of hydrogen-bond acceptors (Lipinski definition) is 4. The fraction of sp³-hybridized carbons (Fsp3) is 0.316. The van der Waals surface area contributed by atoms with Gasteiger partial charge in [-0.2, -0.15) is 4.68 Å². The van der Waals surface area contributed by atoms with Crippen LogP contribution in [0.1, 0.15) is 23.4 Å². The first-order valence-electron chi connectivity index (χ1n) is 8.79. The van der Waals surface area contributed by atoms with E-state index in [-0.39, 0.29) is 0 Å². The largest absolute Gasteiger partial charge is 0.310 e. The summed E-state index contributed by atoms with van der Waals surface area (Å²) >= 11 is 7.60. The Morgan fingerprint density at radius 2 is 2.35 bits per heavy atom. The summed E-state index contributed by atoms with van der Waals surface area (Å²) in [4.78, 5) is 7.24. The Balaban J connectivity index is 1.67. The Bertz CT molecular complexity index is 969. The molecule has 2 atom stereocenters. The van der Waals surface area contributed by atoms with E-state index in [0.29, 0.717) is 12.6 Å². The van der Waals surface area contributed by atoms with Crippen molar-refractivity contribution in [3.63, 3.8) is 0 Å². The first kappa shape index (κ1) is 17.3. The summed E-state index contributed by atoms with van der Waals surface area (Å²) in [5.41, 5.74) is 2.45. The molecule has 3 aromatic rings. The monoisotopic (exact) mass is 384 g/mol. The maximum Gasteiger partial charge on any atom is 0.203 e. The smallest absolute Gasteiger partial charge is 0.203 e. The van der Waals surface area contributed by atoms with E-state index in [2.05, 4.69) is 29.9 Å². The normalized spacial score (nSPS) is 19.3.